The molecule has 0 aliphatic carbocycles. The smallest absolute Gasteiger partial charge is 0.266 e. The summed E-state index contributed by atoms with van der Waals surface area (Å²) in [6.45, 7) is 4.80. The number of rotatable bonds is 4. The van der Waals surface area contributed by atoms with Gasteiger partial charge in [0, 0.05) is 40.8 Å². The van der Waals surface area contributed by atoms with Gasteiger partial charge in [-0.05, 0) is 61.5 Å². The molecule has 0 bridgehead atoms. The maximum atomic E-state index is 13.1. The number of nitrogens with zero attached hydrogens (tertiary/aromatic N) is 3. The maximum absolute atomic E-state index is 13.1. The van der Waals surface area contributed by atoms with E-state index in [9.17, 15) is 4.79 Å². The van der Waals surface area contributed by atoms with Gasteiger partial charge in [0.2, 0.25) is 0 Å². The third kappa shape index (κ3) is 4.17. The molecule has 1 aliphatic rings. The van der Waals surface area contributed by atoms with Crippen molar-refractivity contribution in [3.05, 3.63) is 105 Å². The lowest BCUT2D eigenvalue weighted by Crippen LogP contribution is -2.23. The fraction of sp³-hybridized carbons (Fsp3) is 0.143. The number of amidine groups is 1. The first kappa shape index (κ1) is 22.5. The summed E-state index contributed by atoms with van der Waals surface area (Å²) in [5.41, 5.74) is 6.32. The van der Waals surface area contributed by atoms with E-state index in [-0.39, 0.29) is 5.91 Å². The molecular formula is C28H24ClN3OS. The average Bonchev–Trinajstić information content (AvgIpc) is 3.25. The Bertz CT molecular complexity index is 1470. The molecule has 34 heavy (non-hydrogen) atoms. The summed E-state index contributed by atoms with van der Waals surface area (Å²) in [5, 5.41) is 2.54. The van der Waals surface area contributed by atoms with Crippen LogP contribution in [0.5, 0.6) is 0 Å². The third-order valence-corrected chi connectivity index (χ3v) is 7.53. The largest absolute Gasteiger partial charge is 0.340 e. The standard InChI is InChI=1S/C28H24ClN3OS/c1-18-12-14-21(15-13-18)30-28-31(3)27(33)26(34-28)16-23-19(2)32(25-11-7-5-9-22(23)25)17-20-8-4-6-10-24(20)29/h4-16H,17H2,1-3H3/b26-16+,30-28?. The van der Waals surface area contributed by atoms with Gasteiger partial charge in [-0.15, -0.1) is 0 Å². The Labute approximate surface area is 208 Å². The number of halogens is 1. The molecule has 3 aromatic carbocycles. The number of carbonyl (C=O) groups is 1. The molecule has 170 valence electrons. The number of fused-ring (bicyclic) bond motifs is 1. The fourth-order valence-corrected chi connectivity index (χ4v) is 5.32. The Kier molecular flexibility index (Phi) is 6.07. The van der Waals surface area contributed by atoms with Crippen LogP contribution >= 0.6 is 23.4 Å². The van der Waals surface area contributed by atoms with Crippen molar-refractivity contribution in [1.29, 1.82) is 0 Å². The summed E-state index contributed by atoms with van der Waals surface area (Å²) in [6.07, 6.45) is 2.00. The second-order valence-electron chi connectivity index (χ2n) is 8.40. The number of carbonyl (C=O) groups excluding carboxylic acids is 1. The predicted octanol–water partition coefficient (Wildman–Crippen LogP) is 7.19. The zero-order chi connectivity index (χ0) is 23.8. The number of amides is 1. The number of aromatic nitrogens is 1. The molecule has 2 heterocycles. The maximum Gasteiger partial charge on any atom is 0.266 e. The van der Waals surface area contributed by atoms with Gasteiger partial charge in [-0.25, -0.2) is 4.99 Å². The van der Waals surface area contributed by atoms with Gasteiger partial charge in [0.1, 0.15) is 0 Å². The summed E-state index contributed by atoms with van der Waals surface area (Å²) in [7, 11) is 1.77. The number of aliphatic imine (C=N–C) groups is 1. The monoisotopic (exact) mass is 485 g/mol. The molecule has 0 N–H and O–H groups in total. The number of hydrogen-bond acceptors (Lipinski definition) is 3. The van der Waals surface area contributed by atoms with E-state index in [2.05, 4.69) is 23.6 Å². The number of benzene rings is 3. The molecule has 1 fully saturated rings. The zero-order valence-corrected chi connectivity index (χ0v) is 20.8. The Balaban J connectivity index is 1.55. The molecule has 4 aromatic rings. The molecule has 0 saturated carbocycles. The van der Waals surface area contributed by atoms with Crippen LogP contribution in [0.25, 0.3) is 17.0 Å². The Hall–Kier alpha value is -3.28. The lowest BCUT2D eigenvalue weighted by atomic mass is 10.1. The minimum absolute atomic E-state index is 0.0433. The molecule has 0 atom stereocenters. The van der Waals surface area contributed by atoms with Gasteiger partial charge < -0.3 is 4.57 Å². The number of para-hydroxylation sites is 1. The van der Waals surface area contributed by atoms with E-state index in [1.165, 1.54) is 17.3 Å². The van der Waals surface area contributed by atoms with E-state index < -0.39 is 0 Å². The van der Waals surface area contributed by atoms with E-state index in [0.717, 1.165) is 38.4 Å². The Morgan fingerprint density at radius 1 is 0.971 bits per heavy atom. The van der Waals surface area contributed by atoms with E-state index in [1.54, 1.807) is 11.9 Å². The predicted molar refractivity (Wildman–Crippen MR) is 144 cm³/mol. The van der Waals surface area contributed by atoms with Crippen LogP contribution in [0.15, 0.2) is 82.7 Å². The first-order valence-electron chi connectivity index (χ1n) is 11.1. The number of hydrogen-bond donors (Lipinski definition) is 0. The van der Waals surface area contributed by atoms with Crippen molar-refractivity contribution in [3.63, 3.8) is 0 Å². The molecule has 0 spiro atoms. The van der Waals surface area contributed by atoms with Gasteiger partial charge >= 0.3 is 0 Å². The summed E-state index contributed by atoms with van der Waals surface area (Å²) in [4.78, 5) is 20.1. The van der Waals surface area contributed by atoms with Crippen molar-refractivity contribution in [3.8, 4) is 0 Å². The second-order valence-corrected chi connectivity index (χ2v) is 9.81. The molecule has 6 heteroatoms. The van der Waals surface area contributed by atoms with Crippen molar-refractivity contribution >= 4 is 57.1 Å². The highest BCUT2D eigenvalue weighted by molar-refractivity contribution is 8.18. The highest BCUT2D eigenvalue weighted by Gasteiger charge is 2.31. The van der Waals surface area contributed by atoms with E-state index in [4.69, 9.17) is 16.6 Å². The van der Waals surface area contributed by atoms with Crippen LogP contribution in [0.3, 0.4) is 0 Å². The molecular weight excluding hydrogens is 462 g/mol. The van der Waals surface area contributed by atoms with Crippen molar-refractivity contribution in [1.82, 2.24) is 9.47 Å². The molecule has 1 aliphatic heterocycles. The second kappa shape index (κ2) is 9.16. The molecule has 1 aromatic heterocycles. The van der Waals surface area contributed by atoms with Gasteiger partial charge in [0.15, 0.2) is 5.17 Å². The van der Waals surface area contributed by atoms with Crippen molar-refractivity contribution < 1.29 is 4.79 Å². The molecule has 0 radical (unpaired) electrons. The van der Waals surface area contributed by atoms with Gasteiger partial charge in [0.05, 0.1) is 10.6 Å². The van der Waals surface area contributed by atoms with Crippen molar-refractivity contribution in [2.75, 3.05) is 7.05 Å². The van der Waals surface area contributed by atoms with Crippen LogP contribution in [-0.2, 0) is 11.3 Å². The van der Waals surface area contributed by atoms with Crippen LogP contribution in [0, 0.1) is 13.8 Å². The minimum Gasteiger partial charge on any atom is -0.340 e. The highest BCUT2D eigenvalue weighted by Crippen LogP contribution is 2.36. The number of likely N-dealkylation sites (N-methyl/N-ethyl adjacent to an activating group) is 1. The van der Waals surface area contributed by atoms with Gasteiger partial charge in [-0.3, -0.25) is 9.69 Å². The average molecular weight is 486 g/mol. The first-order chi connectivity index (χ1) is 16.4. The lowest BCUT2D eigenvalue weighted by molar-refractivity contribution is -0.121. The van der Waals surface area contributed by atoms with Crippen LogP contribution in [-0.4, -0.2) is 27.6 Å². The third-order valence-electron chi connectivity index (χ3n) is 6.10. The molecule has 1 saturated heterocycles. The molecule has 5 rings (SSSR count). The van der Waals surface area contributed by atoms with E-state index in [1.807, 2.05) is 73.7 Å². The van der Waals surface area contributed by atoms with Gasteiger partial charge in [0.25, 0.3) is 5.91 Å². The van der Waals surface area contributed by atoms with Gasteiger partial charge in [-0.1, -0.05) is 65.7 Å². The topological polar surface area (TPSA) is 37.6 Å². The van der Waals surface area contributed by atoms with E-state index in [0.29, 0.717) is 16.6 Å². The Morgan fingerprint density at radius 2 is 1.68 bits per heavy atom. The number of thioether (sulfide) groups is 1. The van der Waals surface area contributed by atoms with Crippen molar-refractivity contribution in [2.24, 2.45) is 4.99 Å². The first-order valence-corrected chi connectivity index (χ1v) is 12.3. The molecule has 1 amide bonds. The van der Waals surface area contributed by atoms with Crippen LogP contribution in [0.4, 0.5) is 5.69 Å². The molecule has 4 nitrogen and oxygen atoms in total. The van der Waals surface area contributed by atoms with Crippen LogP contribution in [0.1, 0.15) is 22.4 Å². The Morgan fingerprint density at radius 3 is 2.44 bits per heavy atom. The van der Waals surface area contributed by atoms with E-state index >= 15 is 0 Å². The lowest BCUT2D eigenvalue weighted by Gasteiger charge is -2.10. The minimum atomic E-state index is -0.0433. The summed E-state index contributed by atoms with van der Waals surface area (Å²) in [5.74, 6) is -0.0433. The molecule has 0 unspecified atom stereocenters. The summed E-state index contributed by atoms with van der Waals surface area (Å²) >= 11 is 7.87. The zero-order valence-electron chi connectivity index (χ0n) is 19.2. The van der Waals surface area contributed by atoms with Gasteiger partial charge in [-0.2, -0.15) is 0 Å². The summed E-state index contributed by atoms with van der Waals surface area (Å²) in [6, 6.07) is 24.2. The van der Waals surface area contributed by atoms with Crippen LogP contribution < -0.4 is 0 Å². The SMILES string of the molecule is Cc1ccc(N=C2S/C(=C/c3c(C)n(Cc4ccccc4Cl)c4ccccc34)C(=O)N2C)cc1. The highest BCUT2D eigenvalue weighted by atomic mass is 35.5. The summed E-state index contributed by atoms with van der Waals surface area (Å²) < 4.78 is 2.26. The number of aryl methyl sites for hydroxylation is 1. The van der Waals surface area contributed by atoms with Crippen molar-refractivity contribution in [2.45, 2.75) is 20.4 Å². The quantitative estimate of drug-likeness (QED) is 0.287. The normalized spacial score (nSPS) is 16.4. The van der Waals surface area contributed by atoms with Crippen LogP contribution in [0.2, 0.25) is 5.02 Å². The fourth-order valence-electron chi connectivity index (χ4n) is 4.15.